The number of hydrogen-bond acceptors (Lipinski definition) is 13. The van der Waals surface area contributed by atoms with Crippen molar-refractivity contribution >= 4 is 23.9 Å². The zero-order chi connectivity index (χ0) is 33.4. The van der Waals surface area contributed by atoms with Crippen LogP contribution in [-0.2, 0) is 54.0 Å². The summed E-state index contributed by atoms with van der Waals surface area (Å²) >= 11 is 0. The minimum absolute atomic E-state index is 0.256. The summed E-state index contributed by atoms with van der Waals surface area (Å²) in [6.45, 7) is 5.11. The van der Waals surface area contributed by atoms with Crippen LogP contribution < -0.4 is 9.47 Å². The molecule has 2 fully saturated rings. The molecule has 0 aliphatic carbocycles. The van der Waals surface area contributed by atoms with Gasteiger partial charge in [0.1, 0.15) is 36.4 Å². The molecule has 13 heteroatoms. The topological polar surface area (TPSA) is 166 Å². The summed E-state index contributed by atoms with van der Waals surface area (Å²) in [4.78, 5) is 48.8. The molecular weight excluding hydrogens is 602 g/mol. The normalized spacial score (nSPS) is 23.8. The minimum Gasteiger partial charge on any atom is -0.497 e. The van der Waals surface area contributed by atoms with Gasteiger partial charge in [-0.15, -0.1) is 0 Å². The fraction of sp³-hybridized carbons (Fsp3) is 0.485. The number of nitrogens with zero attached hydrogens (tertiary/aromatic N) is 1. The van der Waals surface area contributed by atoms with Crippen molar-refractivity contribution < 1.29 is 57.1 Å². The van der Waals surface area contributed by atoms with Gasteiger partial charge in [-0.3, -0.25) is 19.2 Å². The summed E-state index contributed by atoms with van der Waals surface area (Å²) in [6.07, 6.45) is -5.80. The van der Waals surface area contributed by atoms with Crippen LogP contribution in [0.2, 0.25) is 0 Å². The van der Waals surface area contributed by atoms with Crippen molar-refractivity contribution in [3.05, 3.63) is 58.7 Å². The van der Waals surface area contributed by atoms with E-state index in [-0.39, 0.29) is 18.5 Å². The number of rotatable bonds is 11. The molecule has 6 atom stereocenters. The van der Waals surface area contributed by atoms with Gasteiger partial charge in [0.25, 0.3) is 0 Å². The van der Waals surface area contributed by atoms with Gasteiger partial charge in [-0.2, -0.15) is 5.26 Å². The number of methoxy groups -OCH3 is 1. The van der Waals surface area contributed by atoms with Gasteiger partial charge in [0.15, 0.2) is 18.3 Å². The molecule has 0 amide bonds. The molecule has 2 aromatic rings. The van der Waals surface area contributed by atoms with Gasteiger partial charge in [-0.05, 0) is 41.8 Å². The van der Waals surface area contributed by atoms with Crippen molar-refractivity contribution in [2.75, 3.05) is 26.9 Å². The van der Waals surface area contributed by atoms with Crippen molar-refractivity contribution in [1.82, 2.24) is 0 Å². The van der Waals surface area contributed by atoms with Crippen LogP contribution in [-0.4, -0.2) is 81.3 Å². The molecule has 0 aromatic heterocycles. The van der Waals surface area contributed by atoms with Crippen LogP contribution in [0.1, 0.15) is 62.5 Å². The van der Waals surface area contributed by atoms with E-state index in [1.54, 1.807) is 31.4 Å². The maximum atomic E-state index is 12.5. The lowest BCUT2D eigenvalue weighted by atomic mass is 9.87. The van der Waals surface area contributed by atoms with Crippen LogP contribution in [0.4, 0.5) is 0 Å². The highest BCUT2D eigenvalue weighted by atomic mass is 16.7. The first-order valence-corrected chi connectivity index (χ1v) is 14.7. The Kier molecular flexibility index (Phi) is 11.6. The zero-order valence-corrected chi connectivity index (χ0v) is 26.3. The lowest BCUT2D eigenvalue weighted by molar-refractivity contribution is -0.254. The third-order valence-electron chi connectivity index (χ3n) is 7.39. The number of hydrogen-bond donors (Lipinski definition) is 0. The Morgan fingerprint density at radius 2 is 1.54 bits per heavy atom. The van der Waals surface area contributed by atoms with Crippen molar-refractivity contribution in [3.8, 4) is 17.6 Å². The highest BCUT2D eigenvalue weighted by molar-refractivity contribution is 5.69. The average molecular weight is 640 g/mol. The van der Waals surface area contributed by atoms with E-state index in [1.165, 1.54) is 13.8 Å². The molecule has 0 spiro atoms. The van der Waals surface area contributed by atoms with E-state index in [0.29, 0.717) is 48.5 Å². The Morgan fingerprint density at radius 3 is 2.11 bits per heavy atom. The van der Waals surface area contributed by atoms with E-state index >= 15 is 0 Å². The number of carbonyl (C=O) groups is 4. The van der Waals surface area contributed by atoms with Crippen LogP contribution in [0.3, 0.4) is 0 Å². The molecule has 0 radical (unpaired) electrons. The van der Waals surface area contributed by atoms with Gasteiger partial charge in [0, 0.05) is 39.7 Å². The summed E-state index contributed by atoms with van der Waals surface area (Å²) in [6, 6.07) is 12.9. The number of ether oxygens (including phenoxy) is 8. The van der Waals surface area contributed by atoms with Crippen LogP contribution in [0, 0.1) is 11.3 Å². The highest BCUT2D eigenvalue weighted by Crippen LogP contribution is 2.43. The number of carbonyl (C=O) groups excluding carboxylic acids is 4. The maximum absolute atomic E-state index is 12.5. The van der Waals surface area contributed by atoms with E-state index in [9.17, 15) is 24.4 Å². The third kappa shape index (κ3) is 8.74. The quantitative estimate of drug-likeness (QED) is 0.260. The first-order chi connectivity index (χ1) is 22.0. The lowest BCUT2D eigenvalue weighted by Gasteiger charge is -2.45. The van der Waals surface area contributed by atoms with Gasteiger partial charge in [-0.1, -0.05) is 12.1 Å². The number of benzene rings is 2. The Labute approximate surface area is 266 Å². The van der Waals surface area contributed by atoms with E-state index in [1.807, 2.05) is 12.1 Å². The smallest absolute Gasteiger partial charge is 0.303 e. The highest BCUT2D eigenvalue weighted by Gasteiger charge is 2.53. The van der Waals surface area contributed by atoms with Gasteiger partial charge < -0.3 is 37.9 Å². The number of nitriles is 1. The summed E-state index contributed by atoms with van der Waals surface area (Å²) < 4.78 is 45.7. The van der Waals surface area contributed by atoms with Crippen LogP contribution in [0.25, 0.3) is 0 Å². The molecule has 13 nitrogen and oxygen atoms in total. The molecule has 0 bridgehead atoms. The van der Waals surface area contributed by atoms with Crippen molar-refractivity contribution in [1.29, 1.82) is 5.26 Å². The minimum atomic E-state index is -1.37. The molecule has 2 aliphatic rings. The zero-order valence-electron chi connectivity index (χ0n) is 26.3. The third-order valence-corrected chi connectivity index (χ3v) is 7.39. The summed E-state index contributed by atoms with van der Waals surface area (Å²) in [5, 5.41) is 10.2. The standard InChI is InChI=1S/C33H37NO12/c1-18(35)41-17-29-31(42-19(2)36)33(44-21(4)38)32(43-20(3)37)30(46-29)27-13-23(12-22-6-8-25(39-5)9-7-22)24(15-34)14-28(27)45-26-10-11-40-16-26/h6-9,13-14,26,29-33H,10-12,16-17H2,1-5H3/t26-,29-,30+,31-,32+,33+/m1/s1. The molecular formula is C33H37NO12. The predicted molar refractivity (Wildman–Crippen MR) is 158 cm³/mol. The van der Waals surface area contributed by atoms with Crippen molar-refractivity contribution in [2.24, 2.45) is 0 Å². The lowest BCUT2D eigenvalue weighted by Crippen LogP contribution is -2.59. The fourth-order valence-electron chi connectivity index (χ4n) is 5.45. The fourth-order valence-corrected chi connectivity index (χ4v) is 5.45. The van der Waals surface area contributed by atoms with Crippen LogP contribution in [0.5, 0.6) is 11.5 Å². The largest absolute Gasteiger partial charge is 0.497 e. The second-order valence-electron chi connectivity index (χ2n) is 10.9. The predicted octanol–water partition coefficient (Wildman–Crippen LogP) is 3.12. The second-order valence-corrected chi connectivity index (χ2v) is 10.9. The maximum Gasteiger partial charge on any atom is 0.303 e. The molecule has 46 heavy (non-hydrogen) atoms. The van der Waals surface area contributed by atoms with Crippen LogP contribution in [0.15, 0.2) is 36.4 Å². The Balaban J connectivity index is 1.88. The molecule has 0 saturated carbocycles. The molecule has 0 unspecified atom stereocenters. The first kappa shape index (κ1) is 34.2. The molecule has 4 rings (SSSR count). The Bertz CT molecular complexity index is 1460. The van der Waals surface area contributed by atoms with E-state index < -0.39 is 54.4 Å². The second kappa shape index (κ2) is 15.6. The van der Waals surface area contributed by atoms with Crippen molar-refractivity contribution in [3.63, 3.8) is 0 Å². The first-order valence-electron chi connectivity index (χ1n) is 14.7. The van der Waals surface area contributed by atoms with Gasteiger partial charge >= 0.3 is 23.9 Å². The monoisotopic (exact) mass is 639 g/mol. The van der Waals surface area contributed by atoms with Crippen LogP contribution >= 0.6 is 0 Å². The SMILES string of the molecule is COc1ccc(Cc2cc([C@@H]3O[C@H](COC(C)=O)[C@@H](OC(C)=O)[C@H](OC(C)=O)[C@H]3OC(C)=O)c(O[C@@H]3CCOC3)cc2C#N)cc1. The van der Waals surface area contributed by atoms with Gasteiger partial charge in [-0.25, -0.2) is 0 Å². The van der Waals surface area contributed by atoms with Gasteiger partial charge in [0.05, 0.1) is 32.0 Å². The summed E-state index contributed by atoms with van der Waals surface area (Å²) in [7, 11) is 1.57. The Morgan fingerprint density at radius 1 is 0.891 bits per heavy atom. The van der Waals surface area contributed by atoms with Crippen molar-refractivity contribution in [2.45, 2.75) is 77.2 Å². The molecule has 2 saturated heterocycles. The molecule has 2 heterocycles. The molecule has 0 N–H and O–H groups in total. The molecule has 2 aromatic carbocycles. The van der Waals surface area contributed by atoms with E-state index in [4.69, 9.17) is 37.9 Å². The number of esters is 4. The summed E-state index contributed by atoms with van der Waals surface area (Å²) in [5.41, 5.74) is 2.18. The van der Waals surface area contributed by atoms with Gasteiger partial charge in [0.2, 0.25) is 0 Å². The van der Waals surface area contributed by atoms with E-state index in [0.717, 1.165) is 19.4 Å². The summed E-state index contributed by atoms with van der Waals surface area (Å²) in [5.74, 6) is -1.90. The Hall–Kier alpha value is -4.67. The molecule has 2 aliphatic heterocycles. The van der Waals surface area contributed by atoms with E-state index in [2.05, 4.69) is 6.07 Å². The average Bonchev–Trinajstić information content (AvgIpc) is 3.51. The molecule has 246 valence electrons.